The van der Waals surface area contributed by atoms with Crippen LogP contribution < -0.4 is 4.90 Å². The maximum Gasteiger partial charge on any atom is 0.264 e. The van der Waals surface area contributed by atoms with Crippen LogP contribution in [-0.2, 0) is 14.4 Å². The molecule has 0 aromatic heterocycles. The number of rotatable bonds is 5. The lowest BCUT2D eigenvalue weighted by Crippen LogP contribution is -2.44. The molecule has 3 aliphatic heterocycles. The SMILES string of the molecule is O=C1[C@H]2N=NN(CC(=O)N3N=C(c4ccc(Br)cc4)C[C@H]3c3ccccc3)[C@H]2C(=O)N1c1cccc(Br)c1. The maximum absolute atomic E-state index is 13.6. The fraction of sp³-hybridized carbons (Fsp3) is 0.185. The van der Waals surface area contributed by atoms with Crippen molar-refractivity contribution in [2.75, 3.05) is 11.4 Å². The summed E-state index contributed by atoms with van der Waals surface area (Å²) in [6.45, 7) is -0.240. The number of nitrogens with zero attached hydrogens (tertiary/aromatic N) is 6. The van der Waals surface area contributed by atoms with Gasteiger partial charge in [0.2, 0.25) is 0 Å². The first-order chi connectivity index (χ1) is 18.4. The highest BCUT2D eigenvalue weighted by molar-refractivity contribution is 9.10. The number of benzene rings is 3. The average Bonchev–Trinajstić information content (AvgIpc) is 3.60. The molecule has 0 aliphatic carbocycles. The van der Waals surface area contributed by atoms with E-state index in [0.29, 0.717) is 12.1 Å². The van der Waals surface area contributed by atoms with Crippen molar-refractivity contribution in [2.45, 2.75) is 24.5 Å². The number of anilines is 1. The second kappa shape index (κ2) is 9.88. The summed E-state index contributed by atoms with van der Waals surface area (Å²) in [5.74, 6) is -1.27. The molecule has 6 rings (SSSR count). The van der Waals surface area contributed by atoms with Crippen LogP contribution in [0.5, 0.6) is 0 Å². The predicted octanol–water partition coefficient (Wildman–Crippen LogP) is 4.88. The van der Waals surface area contributed by atoms with Crippen molar-refractivity contribution >= 4 is 61.0 Å². The first-order valence-corrected chi connectivity index (χ1v) is 13.5. The van der Waals surface area contributed by atoms with Crippen LogP contribution in [0.25, 0.3) is 0 Å². The van der Waals surface area contributed by atoms with E-state index in [4.69, 9.17) is 5.10 Å². The van der Waals surface area contributed by atoms with E-state index in [-0.39, 0.29) is 18.5 Å². The summed E-state index contributed by atoms with van der Waals surface area (Å²) in [6, 6.07) is 22.1. The second-order valence-electron chi connectivity index (χ2n) is 9.11. The molecule has 1 saturated heterocycles. The molecule has 3 aromatic rings. The van der Waals surface area contributed by atoms with Gasteiger partial charge < -0.3 is 0 Å². The van der Waals surface area contributed by atoms with Crippen LogP contribution in [0.1, 0.15) is 23.6 Å². The summed E-state index contributed by atoms with van der Waals surface area (Å²) in [5, 5.41) is 15.6. The molecule has 3 amide bonds. The Morgan fingerprint density at radius 1 is 0.895 bits per heavy atom. The zero-order valence-corrected chi connectivity index (χ0v) is 23.0. The summed E-state index contributed by atoms with van der Waals surface area (Å²) >= 11 is 6.83. The fourth-order valence-electron chi connectivity index (χ4n) is 4.93. The molecular formula is C27H20Br2N6O3. The lowest BCUT2D eigenvalue weighted by Gasteiger charge is -2.25. The first kappa shape index (κ1) is 24.6. The minimum Gasteiger partial charge on any atom is -0.271 e. The number of fused-ring (bicyclic) bond motifs is 1. The van der Waals surface area contributed by atoms with Gasteiger partial charge in [-0.2, -0.15) is 10.2 Å². The van der Waals surface area contributed by atoms with Gasteiger partial charge in [0.1, 0.15) is 6.54 Å². The molecule has 3 aliphatic rings. The molecular weight excluding hydrogens is 616 g/mol. The molecule has 0 N–H and O–H groups in total. The van der Waals surface area contributed by atoms with E-state index in [2.05, 4.69) is 42.2 Å². The lowest BCUT2D eigenvalue weighted by molar-refractivity contribution is -0.135. The van der Waals surface area contributed by atoms with Crippen molar-refractivity contribution in [2.24, 2.45) is 15.4 Å². The zero-order chi connectivity index (χ0) is 26.4. The van der Waals surface area contributed by atoms with Gasteiger partial charge in [0.05, 0.1) is 17.4 Å². The lowest BCUT2D eigenvalue weighted by atomic mass is 9.98. The van der Waals surface area contributed by atoms with E-state index in [1.54, 1.807) is 18.2 Å². The molecule has 190 valence electrons. The highest BCUT2D eigenvalue weighted by Gasteiger charge is 2.55. The molecule has 3 aromatic carbocycles. The smallest absolute Gasteiger partial charge is 0.264 e. The van der Waals surface area contributed by atoms with Gasteiger partial charge in [0.25, 0.3) is 17.7 Å². The van der Waals surface area contributed by atoms with Crippen molar-refractivity contribution in [3.63, 3.8) is 0 Å². The largest absolute Gasteiger partial charge is 0.271 e. The fourth-order valence-corrected chi connectivity index (χ4v) is 5.58. The van der Waals surface area contributed by atoms with Crippen molar-refractivity contribution in [3.8, 4) is 0 Å². The minimum absolute atomic E-state index is 0.240. The number of hydrogen-bond acceptors (Lipinski definition) is 7. The molecule has 0 radical (unpaired) electrons. The Labute approximate surface area is 235 Å². The van der Waals surface area contributed by atoms with E-state index in [0.717, 1.165) is 30.7 Å². The Morgan fingerprint density at radius 3 is 2.39 bits per heavy atom. The van der Waals surface area contributed by atoms with Crippen molar-refractivity contribution in [1.29, 1.82) is 0 Å². The second-order valence-corrected chi connectivity index (χ2v) is 10.9. The quantitative estimate of drug-likeness (QED) is 0.373. The molecule has 3 heterocycles. The van der Waals surface area contributed by atoms with E-state index >= 15 is 0 Å². The number of hydrazone groups is 1. The molecule has 0 unspecified atom stereocenters. The Bertz CT molecular complexity index is 1490. The third-order valence-corrected chi connectivity index (χ3v) is 7.77. The Kier molecular flexibility index (Phi) is 6.40. The number of carbonyl (C=O) groups excluding carboxylic acids is 3. The highest BCUT2D eigenvalue weighted by atomic mass is 79.9. The van der Waals surface area contributed by atoms with Gasteiger partial charge in [-0.25, -0.2) is 9.91 Å². The molecule has 1 fully saturated rings. The molecule has 0 saturated carbocycles. The number of carbonyl (C=O) groups is 3. The third-order valence-electron chi connectivity index (χ3n) is 6.75. The van der Waals surface area contributed by atoms with Crippen LogP contribution in [0.4, 0.5) is 5.69 Å². The van der Waals surface area contributed by atoms with Crippen LogP contribution in [0.15, 0.2) is 103 Å². The predicted molar refractivity (Wildman–Crippen MR) is 147 cm³/mol. The maximum atomic E-state index is 13.6. The van der Waals surface area contributed by atoms with Gasteiger partial charge in [-0.1, -0.05) is 85.6 Å². The Balaban J connectivity index is 1.26. The number of hydrogen-bond donors (Lipinski definition) is 0. The van der Waals surface area contributed by atoms with Crippen molar-refractivity contribution in [3.05, 3.63) is 98.9 Å². The molecule has 11 heteroatoms. The first-order valence-electron chi connectivity index (χ1n) is 11.9. The molecule has 38 heavy (non-hydrogen) atoms. The monoisotopic (exact) mass is 634 g/mol. The van der Waals surface area contributed by atoms with E-state index in [9.17, 15) is 14.4 Å². The van der Waals surface area contributed by atoms with Crippen LogP contribution >= 0.6 is 31.9 Å². The molecule has 0 bridgehead atoms. The van der Waals surface area contributed by atoms with E-state index in [1.165, 1.54) is 10.0 Å². The zero-order valence-electron chi connectivity index (χ0n) is 19.8. The molecule has 3 atom stereocenters. The molecule has 9 nitrogen and oxygen atoms in total. The number of imide groups is 1. The summed E-state index contributed by atoms with van der Waals surface area (Å²) in [5.41, 5.74) is 3.10. The summed E-state index contributed by atoms with van der Waals surface area (Å²) in [7, 11) is 0. The standard InChI is InChI=1S/C27H20Br2N6O3/c28-18-11-9-16(10-12-18)21-14-22(17-5-2-1-3-6-17)35(31-21)23(36)15-33-25-24(30-32-33)26(37)34(27(25)38)20-8-4-7-19(29)13-20/h1-13,22,24-25H,14-15H2/t22-,24-,25+/m0/s1. The van der Waals surface area contributed by atoms with Gasteiger partial charge in [-0.3, -0.25) is 19.4 Å². The van der Waals surface area contributed by atoms with Crippen molar-refractivity contribution < 1.29 is 14.4 Å². The number of halogens is 2. The highest BCUT2D eigenvalue weighted by Crippen LogP contribution is 2.35. The summed E-state index contributed by atoms with van der Waals surface area (Å²) < 4.78 is 1.69. The minimum atomic E-state index is -0.986. The van der Waals surface area contributed by atoms with Crippen LogP contribution in [0.2, 0.25) is 0 Å². The van der Waals surface area contributed by atoms with Crippen LogP contribution in [-0.4, -0.2) is 52.1 Å². The van der Waals surface area contributed by atoms with Gasteiger partial charge in [-0.05, 0) is 41.5 Å². The van der Waals surface area contributed by atoms with Gasteiger partial charge in [-0.15, -0.1) is 0 Å². The van der Waals surface area contributed by atoms with E-state index < -0.39 is 23.9 Å². The number of amides is 3. The average molecular weight is 636 g/mol. The van der Waals surface area contributed by atoms with Gasteiger partial charge in [0.15, 0.2) is 12.1 Å². The van der Waals surface area contributed by atoms with Crippen LogP contribution in [0, 0.1) is 0 Å². The Morgan fingerprint density at radius 2 is 1.66 bits per heavy atom. The van der Waals surface area contributed by atoms with Crippen molar-refractivity contribution in [1.82, 2.24) is 10.0 Å². The van der Waals surface area contributed by atoms with E-state index in [1.807, 2.05) is 60.7 Å². The third kappa shape index (κ3) is 4.35. The topological polar surface area (TPSA) is 98.0 Å². The molecule has 0 spiro atoms. The van der Waals surface area contributed by atoms with Gasteiger partial charge in [0, 0.05) is 15.4 Å². The normalized spacial score (nSPS) is 22.3. The Hall–Kier alpha value is -3.70. The summed E-state index contributed by atoms with van der Waals surface area (Å²) in [6.07, 6.45) is 0.541. The summed E-state index contributed by atoms with van der Waals surface area (Å²) in [4.78, 5) is 41.1. The van der Waals surface area contributed by atoms with Crippen LogP contribution in [0.3, 0.4) is 0 Å². The van der Waals surface area contributed by atoms with Gasteiger partial charge >= 0.3 is 0 Å².